The molecule has 1 N–H and O–H groups in total. The van der Waals surface area contributed by atoms with Crippen molar-refractivity contribution in [1.82, 2.24) is 0 Å². The highest BCUT2D eigenvalue weighted by Gasteiger charge is 2.05. The molecule has 0 saturated heterocycles. The van der Waals surface area contributed by atoms with Crippen LogP contribution in [0.4, 0.5) is 0 Å². The van der Waals surface area contributed by atoms with Gasteiger partial charge in [0.2, 0.25) is 0 Å². The van der Waals surface area contributed by atoms with Crippen molar-refractivity contribution in [3.8, 4) is 0 Å². The van der Waals surface area contributed by atoms with Gasteiger partial charge in [0.25, 0.3) is 0 Å². The number of carboxylic acid groups (broad SMARTS) is 2. The fraction of sp³-hybridized carbons (Fsp3) is 0.750. The first kappa shape index (κ1) is 14.8. The molecule has 0 spiro atoms. The average molecular weight is 208 g/mol. The fourth-order valence-electron chi connectivity index (χ4n) is 0.612. The maximum Gasteiger partial charge on any atom is 0.351 e. The van der Waals surface area contributed by atoms with Gasteiger partial charge in [0.1, 0.15) is 17.3 Å². The molecule has 78 valence electrons. The molecule has 0 atom stereocenters. The quantitative estimate of drug-likeness (QED) is 0.500. The van der Waals surface area contributed by atoms with Crippen LogP contribution >= 0.6 is 0 Å². The maximum atomic E-state index is 9.04. The van der Waals surface area contributed by atoms with Gasteiger partial charge in [0, 0.05) is 0 Å². The average Bonchev–Trinajstić information content (AvgIpc) is 2.08. The van der Waals surface area contributed by atoms with E-state index in [0.29, 0.717) is 0 Å². The van der Waals surface area contributed by atoms with E-state index in [4.69, 9.17) is 19.8 Å². The third kappa shape index (κ3) is 11.3. The summed E-state index contributed by atoms with van der Waals surface area (Å²) in [4.78, 5) is 18.0. The molecule has 4 nitrogen and oxygen atoms in total. The predicted molar refractivity (Wildman–Crippen MR) is 51.6 cm³/mol. The van der Waals surface area contributed by atoms with Crippen LogP contribution in [-0.2, 0) is 20.5 Å². The Bertz CT molecular complexity index is 137. The summed E-state index contributed by atoms with van der Waals surface area (Å²) in [7, 11) is 0.755. The smallest absolute Gasteiger partial charge is 0.351 e. The van der Waals surface area contributed by atoms with Crippen LogP contribution in [0.2, 0.25) is 0 Å². The lowest BCUT2D eigenvalue weighted by Gasteiger charge is -1.96. The monoisotopic (exact) mass is 208 g/mol. The number of carboxylic acids is 2. The molecule has 0 amide bonds. The Morgan fingerprint density at radius 2 is 1.38 bits per heavy atom. The molecule has 0 heterocycles. The summed E-state index contributed by atoms with van der Waals surface area (Å²) in [5, 5.41) is 16.3. The van der Waals surface area contributed by atoms with Crippen LogP contribution in [0, 0.1) is 0 Å². The molecule has 0 aliphatic carbocycles. The molecule has 0 saturated carbocycles. The van der Waals surface area contributed by atoms with E-state index in [2.05, 4.69) is 20.8 Å². The Labute approximate surface area is 81.3 Å². The van der Waals surface area contributed by atoms with Gasteiger partial charge in [0.05, 0.1) is 0 Å². The van der Waals surface area contributed by atoms with Crippen molar-refractivity contribution in [1.29, 1.82) is 0 Å². The van der Waals surface area contributed by atoms with Crippen molar-refractivity contribution in [2.75, 3.05) is 17.3 Å². The van der Waals surface area contributed by atoms with Gasteiger partial charge in [0.15, 0.2) is 5.97 Å². The standard InChI is InChI=1S/C6H15S.C2H2O4/c1-4-7(5-2)6-3;3-1(4)2(5)6/h4-6H2,1-3H3;(H,3,4)(H,5,6)/q+1;/p-1. The van der Waals surface area contributed by atoms with E-state index in [0.717, 1.165) is 10.9 Å². The molecule has 13 heavy (non-hydrogen) atoms. The second-order valence-electron chi connectivity index (χ2n) is 2.07. The summed E-state index contributed by atoms with van der Waals surface area (Å²) in [6.07, 6.45) is 0. The van der Waals surface area contributed by atoms with Crippen molar-refractivity contribution in [3.63, 3.8) is 0 Å². The molecule has 0 aliphatic heterocycles. The van der Waals surface area contributed by atoms with Crippen LogP contribution in [-0.4, -0.2) is 34.3 Å². The molecule has 0 aromatic rings. The summed E-state index contributed by atoms with van der Waals surface area (Å²) >= 11 is 0. The molecule has 0 aromatic carbocycles. The Morgan fingerprint density at radius 1 is 1.15 bits per heavy atom. The molecule has 0 bridgehead atoms. The van der Waals surface area contributed by atoms with Crippen molar-refractivity contribution >= 4 is 22.8 Å². The third-order valence-electron chi connectivity index (χ3n) is 1.40. The maximum absolute atomic E-state index is 9.04. The third-order valence-corrected chi connectivity index (χ3v) is 3.85. The molecule has 0 unspecified atom stereocenters. The fourth-order valence-corrected chi connectivity index (χ4v) is 1.84. The van der Waals surface area contributed by atoms with Crippen molar-refractivity contribution < 1.29 is 19.8 Å². The lowest BCUT2D eigenvalue weighted by atomic mass is 10.7. The molecule has 5 heteroatoms. The summed E-state index contributed by atoms with van der Waals surface area (Å²) in [6, 6.07) is 0. The zero-order valence-corrected chi connectivity index (χ0v) is 9.02. The van der Waals surface area contributed by atoms with E-state index in [1.807, 2.05) is 0 Å². The highest BCUT2D eigenvalue weighted by molar-refractivity contribution is 7.96. The van der Waals surface area contributed by atoms with Crippen molar-refractivity contribution in [3.05, 3.63) is 0 Å². The SMILES string of the molecule is CC[S+](CC)CC.O=C([O-])C(=O)O. The second kappa shape index (κ2) is 9.38. The van der Waals surface area contributed by atoms with Crippen molar-refractivity contribution in [2.45, 2.75) is 20.8 Å². The first-order valence-corrected chi connectivity index (χ1v) is 5.81. The first-order valence-electron chi connectivity index (χ1n) is 4.07. The minimum Gasteiger partial charge on any atom is -0.539 e. The summed E-state index contributed by atoms with van der Waals surface area (Å²) < 4.78 is 0. The van der Waals surface area contributed by atoms with E-state index < -0.39 is 11.9 Å². The van der Waals surface area contributed by atoms with Gasteiger partial charge in [-0.1, -0.05) is 0 Å². The zero-order chi connectivity index (χ0) is 10.9. The molecule has 0 aliphatic rings. The molecular formula is C8H16O4S. The number of rotatable bonds is 3. The highest BCUT2D eigenvalue weighted by Crippen LogP contribution is 1.92. The van der Waals surface area contributed by atoms with E-state index in [1.165, 1.54) is 17.3 Å². The number of hydrogen-bond acceptors (Lipinski definition) is 3. The van der Waals surface area contributed by atoms with Crippen LogP contribution < -0.4 is 5.11 Å². The minimum absolute atomic E-state index is 0.755. The number of hydrogen-bond donors (Lipinski definition) is 1. The first-order chi connectivity index (χ1) is 5.99. The van der Waals surface area contributed by atoms with Crippen LogP contribution in [0.15, 0.2) is 0 Å². The zero-order valence-electron chi connectivity index (χ0n) is 8.20. The van der Waals surface area contributed by atoms with Crippen LogP contribution in [0.25, 0.3) is 0 Å². The van der Waals surface area contributed by atoms with Gasteiger partial charge in [-0.15, -0.1) is 0 Å². The molecule has 0 radical (unpaired) electrons. The van der Waals surface area contributed by atoms with Gasteiger partial charge >= 0.3 is 5.97 Å². The molecular weight excluding hydrogens is 192 g/mol. The van der Waals surface area contributed by atoms with Crippen molar-refractivity contribution in [2.24, 2.45) is 0 Å². The summed E-state index contributed by atoms with van der Waals surface area (Å²) in [6.45, 7) is 6.82. The Morgan fingerprint density at radius 3 is 1.38 bits per heavy atom. The van der Waals surface area contributed by atoms with Gasteiger partial charge in [-0.05, 0) is 31.7 Å². The molecule has 0 fully saturated rings. The Hall–Kier alpha value is -0.710. The van der Waals surface area contributed by atoms with Crippen LogP contribution in [0.1, 0.15) is 20.8 Å². The van der Waals surface area contributed by atoms with E-state index in [9.17, 15) is 0 Å². The highest BCUT2D eigenvalue weighted by atomic mass is 32.2. The van der Waals surface area contributed by atoms with Gasteiger partial charge in [-0.3, -0.25) is 0 Å². The Balaban J connectivity index is 0. The molecule has 0 rings (SSSR count). The van der Waals surface area contributed by atoms with E-state index in [-0.39, 0.29) is 0 Å². The van der Waals surface area contributed by atoms with E-state index in [1.54, 1.807) is 0 Å². The van der Waals surface area contributed by atoms with E-state index >= 15 is 0 Å². The molecule has 0 aromatic heterocycles. The van der Waals surface area contributed by atoms with Gasteiger partial charge < -0.3 is 15.0 Å². The number of carbonyl (C=O) groups excluding carboxylic acids is 1. The second-order valence-corrected chi connectivity index (χ2v) is 5.03. The van der Waals surface area contributed by atoms with Gasteiger partial charge in [-0.2, -0.15) is 0 Å². The lowest BCUT2D eigenvalue weighted by molar-refractivity contribution is -0.303. The summed E-state index contributed by atoms with van der Waals surface area (Å²) in [5.74, 6) is 0.137. The normalized spacial score (nSPS) is 8.92. The van der Waals surface area contributed by atoms with Gasteiger partial charge in [-0.25, -0.2) is 4.79 Å². The lowest BCUT2D eigenvalue weighted by Crippen LogP contribution is -2.30. The Kier molecular flexibility index (Phi) is 10.7. The van der Waals surface area contributed by atoms with Crippen LogP contribution in [0.3, 0.4) is 0 Å². The van der Waals surface area contributed by atoms with Crippen LogP contribution in [0.5, 0.6) is 0 Å². The largest absolute Gasteiger partial charge is 0.539 e. The summed E-state index contributed by atoms with van der Waals surface area (Å²) in [5.41, 5.74) is 0. The number of aliphatic carboxylic acids is 2. The topological polar surface area (TPSA) is 77.4 Å². The number of carbonyl (C=O) groups is 2. The minimum atomic E-state index is -2.07. The predicted octanol–water partition coefficient (Wildman–Crippen LogP) is -0.515.